The zero-order chi connectivity index (χ0) is 21.2. The first-order valence-electron chi connectivity index (χ1n) is 9.16. The normalized spacial score (nSPS) is 12.9. The Balaban J connectivity index is 1.87. The molecule has 150 valence electrons. The molecule has 0 spiro atoms. The van der Waals surface area contributed by atoms with Gasteiger partial charge in [0.05, 0.1) is 0 Å². The zero-order valence-corrected chi connectivity index (χ0v) is 17.7. The van der Waals surface area contributed by atoms with Crippen LogP contribution in [-0.2, 0) is 4.57 Å². The van der Waals surface area contributed by atoms with E-state index < -0.39 is 7.82 Å². The molecule has 0 heterocycles. The Morgan fingerprint density at radius 1 is 0.793 bits per heavy atom. The van der Waals surface area contributed by atoms with Gasteiger partial charge in [0, 0.05) is 11.1 Å². The van der Waals surface area contributed by atoms with Gasteiger partial charge in [-0.2, -0.15) is 0 Å². The fraction of sp³-hybridized carbons (Fsp3) is 0.174. The standard InChI is InChI=1S/C23H23O5P/c1-15-10-16(2)12-19(11-15)22(24)20-13-17(3)23(18(4)14-20)28-29(25,26)27-21-8-6-5-7-9-21/h5-14H,1-4H3,(H,25,26). The van der Waals surface area contributed by atoms with Crippen molar-refractivity contribution in [1.82, 2.24) is 0 Å². The van der Waals surface area contributed by atoms with Crippen LogP contribution in [-0.4, -0.2) is 10.7 Å². The van der Waals surface area contributed by atoms with Crippen molar-refractivity contribution < 1.29 is 23.3 Å². The van der Waals surface area contributed by atoms with Crippen molar-refractivity contribution in [1.29, 1.82) is 0 Å². The van der Waals surface area contributed by atoms with Gasteiger partial charge in [0.2, 0.25) is 0 Å². The average molecular weight is 410 g/mol. The van der Waals surface area contributed by atoms with Gasteiger partial charge in [-0.1, -0.05) is 35.4 Å². The summed E-state index contributed by atoms with van der Waals surface area (Å²) in [5, 5.41) is 0. The highest BCUT2D eigenvalue weighted by atomic mass is 31.2. The fourth-order valence-electron chi connectivity index (χ4n) is 3.25. The summed E-state index contributed by atoms with van der Waals surface area (Å²) >= 11 is 0. The summed E-state index contributed by atoms with van der Waals surface area (Å²) < 4.78 is 22.9. The number of carbonyl (C=O) groups excluding carboxylic acids is 1. The second kappa shape index (κ2) is 8.24. The number of hydrogen-bond donors (Lipinski definition) is 1. The van der Waals surface area contributed by atoms with Crippen molar-refractivity contribution in [2.45, 2.75) is 27.7 Å². The molecule has 0 aliphatic heterocycles. The predicted octanol–water partition coefficient (Wildman–Crippen LogP) is 5.71. The zero-order valence-electron chi connectivity index (χ0n) is 16.8. The summed E-state index contributed by atoms with van der Waals surface area (Å²) in [5.74, 6) is 0.348. The molecule has 0 fully saturated rings. The minimum absolute atomic E-state index is 0.109. The molecule has 0 aliphatic carbocycles. The molecule has 29 heavy (non-hydrogen) atoms. The largest absolute Gasteiger partial charge is 0.584 e. The number of carbonyl (C=O) groups is 1. The number of para-hydroxylation sites is 1. The highest BCUT2D eigenvalue weighted by Gasteiger charge is 2.27. The number of rotatable bonds is 6. The topological polar surface area (TPSA) is 72.8 Å². The van der Waals surface area contributed by atoms with E-state index in [-0.39, 0.29) is 17.3 Å². The molecule has 3 aromatic rings. The van der Waals surface area contributed by atoms with Crippen LogP contribution in [0.2, 0.25) is 0 Å². The molecular weight excluding hydrogens is 387 g/mol. The monoisotopic (exact) mass is 410 g/mol. The molecule has 0 aliphatic rings. The molecule has 0 saturated heterocycles. The van der Waals surface area contributed by atoms with Crippen LogP contribution in [0.3, 0.4) is 0 Å². The second-order valence-electron chi connectivity index (χ2n) is 7.11. The first kappa shape index (κ1) is 20.8. The molecule has 3 aromatic carbocycles. The lowest BCUT2D eigenvalue weighted by Gasteiger charge is -2.17. The molecule has 0 bridgehead atoms. The highest BCUT2D eigenvalue weighted by Crippen LogP contribution is 2.46. The van der Waals surface area contributed by atoms with E-state index >= 15 is 0 Å². The Kier molecular flexibility index (Phi) is 5.92. The van der Waals surface area contributed by atoms with Crippen molar-refractivity contribution in [2.75, 3.05) is 0 Å². The van der Waals surface area contributed by atoms with Gasteiger partial charge in [-0.25, -0.2) is 4.57 Å². The summed E-state index contributed by atoms with van der Waals surface area (Å²) in [4.78, 5) is 23.1. The highest BCUT2D eigenvalue weighted by molar-refractivity contribution is 7.48. The quantitative estimate of drug-likeness (QED) is 0.416. The van der Waals surface area contributed by atoms with Crippen molar-refractivity contribution in [2.24, 2.45) is 0 Å². The third-order valence-corrected chi connectivity index (χ3v) is 5.23. The molecular formula is C23H23O5P. The van der Waals surface area contributed by atoms with E-state index in [9.17, 15) is 14.3 Å². The first-order valence-corrected chi connectivity index (χ1v) is 10.7. The Morgan fingerprint density at radius 3 is 1.86 bits per heavy atom. The maximum Gasteiger partial charge on any atom is 0.584 e. The average Bonchev–Trinajstić information content (AvgIpc) is 2.63. The second-order valence-corrected chi connectivity index (χ2v) is 8.41. The molecule has 0 aromatic heterocycles. The number of benzene rings is 3. The van der Waals surface area contributed by atoms with E-state index in [4.69, 9.17) is 9.05 Å². The molecule has 5 nitrogen and oxygen atoms in total. The van der Waals surface area contributed by atoms with Crippen LogP contribution in [0.4, 0.5) is 0 Å². The minimum Gasteiger partial charge on any atom is -0.395 e. The van der Waals surface area contributed by atoms with E-state index in [1.807, 2.05) is 32.0 Å². The van der Waals surface area contributed by atoms with Crippen LogP contribution in [0.15, 0.2) is 60.7 Å². The summed E-state index contributed by atoms with van der Waals surface area (Å²) in [6, 6.07) is 17.3. The lowest BCUT2D eigenvalue weighted by Crippen LogP contribution is -2.06. The maximum absolute atomic E-state index is 12.9. The number of ketones is 1. The number of aryl methyl sites for hydroxylation is 4. The van der Waals surface area contributed by atoms with Crippen LogP contribution in [0, 0.1) is 27.7 Å². The molecule has 0 radical (unpaired) electrons. The van der Waals surface area contributed by atoms with Gasteiger partial charge in [-0.3, -0.25) is 9.69 Å². The predicted molar refractivity (Wildman–Crippen MR) is 113 cm³/mol. The van der Waals surface area contributed by atoms with E-state index in [2.05, 4.69) is 0 Å². The van der Waals surface area contributed by atoms with Gasteiger partial charge in [-0.15, -0.1) is 0 Å². The van der Waals surface area contributed by atoms with E-state index in [0.29, 0.717) is 22.3 Å². The lowest BCUT2D eigenvalue weighted by atomic mass is 9.96. The third kappa shape index (κ3) is 5.14. The molecule has 0 amide bonds. The van der Waals surface area contributed by atoms with E-state index in [1.165, 1.54) is 0 Å². The summed E-state index contributed by atoms with van der Waals surface area (Å²) in [6.07, 6.45) is 0. The third-order valence-electron chi connectivity index (χ3n) is 4.38. The Hall–Kier alpha value is -2.88. The Morgan fingerprint density at radius 2 is 1.31 bits per heavy atom. The molecule has 1 unspecified atom stereocenters. The Bertz CT molecular complexity index is 1060. The van der Waals surface area contributed by atoms with Crippen LogP contribution >= 0.6 is 7.82 Å². The van der Waals surface area contributed by atoms with Crippen LogP contribution in [0.25, 0.3) is 0 Å². The smallest absolute Gasteiger partial charge is 0.395 e. The van der Waals surface area contributed by atoms with Gasteiger partial charge >= 0.3 is 7.82 Å². The molecule has 1 atom stereocenters. The van der Waals surface area contributed by atoms with Gasteiger partial charge in [0.15, 0.2) is 5.78 Å². The van der Waals surface area contributed by atoms with Gasteiger partial charge in [-0.05, 0) is 75.2 Å². The molecule has 6 heteroatoms. The van der Waals surface area contributed by atoms with Gasteiger partial charge in [0.1, 0.15) is 11.5 Å². The van der Waals surface area contributed by atoms with Gasteiger partial charge in [0.25, 0.3) is 0 Å². The SMILES string of the molecule is Cc1cc(C)cc(C(=O)c2cc(C)c(OP(=O)(O)Oc3ccccc3)c(C)c2)c1. The number of phosphoric acid groups is 1. The number of hydrogen-bond acceptors (Lipinski definition) is 4. The molecule has 1 N–H and O–H groups in total. The van der Waals surface area contributed by atoms with Crippen LogP contribution in [0.1, 0.15) is 38.2 Å². The summed E-state index contributed by atoms with van der Waals surface area (Å²) in [7, 11) is -4.39. The van der Waals surface area contributed by atoms with Crippen molar-refractivity contribution in [3.63, 3.8) is 0 Å². The first-order chi connectivity index (χ1) is 13.6. The van der Waals surface area contributed by atoms with Crippen molar-refractivity contribution in [3.05, 3.63) is 94.0 Å². The lowest BCUT2D eigenvalue weighted by molar-refractivity contribution is 0.103. The molecule has 0 saturated carbocycles. The van der Waals surface area contributed by atoms with Crippen molar-refractivity contribution in [3.8, 4) is 11.5 Å². The van der Waals surface area contributed by atoms with Gasteiger partial charge < -0.3 is 9.05 Å². The minimum atomic E-state index is -4.39. The summed E-state index contributed by atoms with van der Waals surface area (Å²) in [5.41, 5.74) is 4.28. The van der Waals surface area contributed by atoms with Crippen LogP contribution < -0.4 is 9.05 Å². The molecule has 3 rings (SSSR count). The van der Waals surface area contributed by atoms with E-state index in [0.717, 1.165) is 11.1 Å². The van der Waals surface area contributed by atoms with Crippen LogP contribution in [0.5, 0.6) is 11.5 Å². The fourth-order valence-corrected chi connectivity index (χ4v) is 4.19. The maximum atomic E-state index is 12.9. The van der Waals surface area contributed by atoms with Crippen molar-refractivity contribution >= 4 is 13.6 Å². The summed E-state index contributed by atoms with van der Waals surface area (Å²) in [6.45, 7) is 7.34. The Labute approximate surface area is 170 Å². The van der Waals surface area contributed by atoms with E-state index in [1.54, 1.807) is 56.3 Å². The number of phosphoric ester groups is 1.